The molecule has 0 N–H and O–H groups in total. The zero-order valence-electron chi connectivity index (χ0n) is 11.5. The third kappa shape index (κ3) is 5.50. The van der Waals surface area contributed by atoms with Gasteiger partial charge in [0.25, 0.3) is 0 Å². The van der Waals surface area contributed by atoms with Crippen LogP contribution in [0.2, 0.25) is 0 Å². The number of allylic oxidation sites excluding steroid dienone is 4. The first kappa shape index (κ1) is 15.1. The van der Waals surface area contributed by atoms with Crippen molar-refractivity contribution in [2.75, 3.05) is 0 Å². The molecule has 0 aliphatic heterocycles. The molecule has 0 nitrogen and oxygen atoms in total. The maximum Gasteiger partial charge on any atom is 0.0248 e. The van der Waals surface area contributed by atoms with Crippen molar-refractivity contribution >= 4 is 17.1 Å². The van der Waals surface area contributed by atoms with Crippen LogP contribution in [0.4, 0.5) is 0 Å². The van der Waals surface area contributed by atoms with Crippen LogP contribution in [0.5, 0.6) is 0 Å². The SMILES string of the molecule is C=C(C)/C(=C\C#Cc1ccccc1)C(=C)CC(C)=S. The zero-order chi connectivity index (χ0) is 14.3. The Morgan fingerprint density at radius 1 is 1.21 bits per heavy atom. The number of hydrogen-bond donors (Lipinski definition) is 0. The van der Waals surface area contributed by atoms with Gasteiger partial charge in [-0.05, 0) is 48.1 Å². The van der Waals surface area contributed by atoms with Crippen LogP contribution >= 0.6 is 12.2 Å². The zero-order valence-corrected chi connectivity index (χ0v) is 12.3. The standard InChI is InChI=1S/C18H18S/c1-14(2)18(15(3)13-16(4)19)12-8-11-17-9-6-5-7-10-17/h5-7,9-10,12H,1,3,13H2,2,4H3/b18-12+. The van der Waals surface area contributed by atoms with E-state index in [0.29, 0.717) is 6.42 Å². The lowest BCUT2D eigenvalue weighted by atomic mass is 9.97. The summed E-state index contributed by atoms with van der Waals surface area (Å²) in [5.41, 5.74) is 3.93. The van der Waals surface area contributed by atoms with Gasteiger partial charge in [-0.25, -0.2) is 0 Å². The van der Waals surface area contributed by atoms with Gasteiger partial charge in [0, 0.05) is 12.0 Å². The fourth-order valence-corrected chi connectivity index (χ4v) is 1.81. The molecule has 0 atom stereocenters. The van der Waals surface area contributed by atoms with Crippen molar-refractivity contribution in [3.8, 4) is 11.8 Å². The summed E-state index contributed by atoms with van der Waals surface area (Å²) in [7, 11) is 0. The van der Waals surface area contributed by atoms with Crippen molar-refractivity contribution in [3.05, 3.63) is 71.8 Å². The van der Waals surface area contributed by atoms with E-state index < -0.39 is 0 Å². The Morgan fingerprint density at radius 2 is 1.84 bits per heavy atom. The molecule has 1 aromatic carbocycles. The molecule has 0 saturated heterocycles. The Balaban J connectivity index is 2.92. The molecule has 0 amide bonds. The van der Waals surface area contributed by atoms with Crippen LogP contribution in [0.3, 0.4) is 0 Å². The van der Waals surface area contributed by atoms with Crippen molar-refractivity contribution in [3.63, 3.8) is 0 Å². The maximum absolute atomic E-state index is 5.11. The highest BCUT2D eigenvalue weighted by Gasteiger charge is 2.03. The second-order valence-electron chi connectivity index (χ2n) is 4.46. The largest absolute Gasteiger partial charge is 0.0955 e. The van der Waals surface area contributed by atoms with Crippen molar-refractivity contribution < 1.29 is 0 Å². The lowest BCUT2D eigenvalue weighted by molar-refractivity contribution is 1.27. The van der Waals surface area contributed by atoms with E-state index in [1.165, 1.54) is 0 Å². The quantitative estimate of drug-likeness (QED) is 0.425. The van der Waals surface area contributed by atoms with Crippen LogP contribution in [0, 0.1) is 11.8 Å². The topological polar surface area (TPSA) is 0 Å². The highest BCUT2D eigenvalue weighted by Crippen LogP contribution is 2.19. The van der Waals surface area contributed by atoms with Gasteiger partial charge in [-0.2, -0.15) is 0 Å². The van der Waals surface area contributed by atoms with Crippen LogP contribution in [0.15, 0.2) is 66.3 Å². The third-order valence-electron chi connectivity index (χ3n) is 2.51. The van der Waals surface area contributed by atoms with E-state index in [9.17, 15) is 0 Å². The first-order valence-electron chi connectivity index (χ1n) is 6.11. The van der Waals surface area contributed by atoms with E-state index in [0.717, 1.165) is 27.1 Å². The molecule has 0 bridgehead atoms. The molecule has 0 aromatic heterocycles. The summed E-state index contributed by atoms with van der Waals surface area (Å²) in [5.74, 6) is 6.16. The summed E-state index contributed by atoms with van der Waals surface area (Å²) < 4.78 is 0. The molecule has 1 rings (SSSR count). The summed E-state index contributed by atoms with van der Waals surface area (Å²) in [6, 6.07) is 9.89. The van der Waals surface area contributed by atoms with Crippen LogP contribution < -0.4 is 0 Å². The summed E-state index contributed by atoms with van der Waals surface area (Å²) in [5, 5.41) is 0. The van der Waals surface area contributed by atoms with Gasteiger partial charge in [0.15, 0.2) is 0 Å². The van der Waals surface area contributed by atoms with E-state index in [4.69, 9.17) is 12.2 Å². The van der Waals surface area contributed by atoms with E-state index in [1.54, 1.807) is 0 Å². The average molecular weight is 266 g/mol. The third-order valence-corrected chi connectivity index (χ3v) is 2.65. The first-order chi connectivity index (χ1) is 9.00. The predicted molar refractivity (Wildman–Crippen MR) is 88.2 cm³/mol. The Kier molecular flexibility index (Phi) is 5.99. The van der Waals surface area contributed by atoms with Gasteiger partial charge in [0.05, 0.1) is 0 Å². The molecule has 0 radical (unpaired) electrons. The molecular weight excluding hydrogens is 248 g/mol. The van der Waals surface area contributed by atoms with Gasteiger partial charge in [0.2, 0.25) is 0 Å². The number of hydrogen-bond acceptors (Lipinski definition) is 1. The van der Waals surface area contributed by atoms with Gasteiger partial charge < -0.3 is 0 Å². The lowest BCUT2D eigenvalue weighted by Gasteiger charge is -2.08. The molecule has 0 aliphatic carbocycles. The van der Waals surface area contributed by atoms with Crippen molar-refractivity contribution in [2.45, 2.75) is 20.3 Å². The van der Waals surface area contributed by atoms with Gasteiger partial charge in [0.1, 0.15) is 0 Å². The summed E-state index contributed by atoms with van der Waals surface area (Å²) in [4.78, 5) is 0.924. The molecule has 0 heterocycles. The summed E-state index contributed by atoms with van der Waals surface area (Å²) in [6.07, 6.45) is 2.58. The lowest BCUT2D eigenvalue weighted by Crippen LogP contribution is -1.95. The van der Waals surface area contributed by atoms with Gasteiger partial charge in [-0.3, -0.25) is 0 Å². The minimum absolute atomic E-state index is 0.709. The molecule has 1 heteroatoms. The summed E-state index contributed by atoms with van der Waals surface area (Å²) >= 11 is 5.11. The smallest absolute Gasteiger partial charge is 0.0248 e. The molecule has 0 unspecified atom stereocenters. The second kappa shape index (κ2) is 7.51. The summed E-state index contributed by atoms with van der Waals surface area (Å²) in [6.45, 7) is 11.9. The van der Waals surface area contributed by atoms with Gasteiger partial charge in [-0.1, -0.05) is 61.0 Å². The fraction of sp³-hybridized carbons (Fsp3) is 0.167. The van der Waals surface area contributed by atoms with Crippen LogP contribution in [0.1, 0.15) is 25.8 Å². The van der Waals surface area contributed by atoms with E-state index in [1.807, 2.05) is 50.3 Å². The van der Waals surface area contributed by atoms with Gasteiger partial charge >= 0.3 is 0 Å². The fourth-order valence-electron chi connectivity index (χ4n) is 1.64. The Labute approximate surface area is 121 Å². The van der Waals surface area contributed by atoms with Crippen LogP contribution in [0.25, 0.3) is 0 Å². The molecule has 0 fully saturated rings. The monoisotopic (exact) mass is 266 g/mol. The minimum atomic E-state index is 0.709. The van der Waals surface area contributed by atoms with Crippen molar-refractivity contribution in [1.82, 2.24) is 0 Å². The number of benzene rings is 1. The molecule has 0 aliphatic rings. The highest BCUT2D eigenvalue weighted by atomic mass is 32.1. The van der Waals surface area contributed by atoms with E-state index in [-0.39, 0.29) is 0 Å². The van der Waals surface area contributed by atoms with Crippen LogP contribution in [-0.4, -0.2) is 4.86 Å². The molecule has 96 valence electrons. The molecule has 1 aromatic rings. The van der Waals surface area contributed by atoms with E-state index >= 15 is 0 Å². The number of rotatable bonds is 4. The Hall–Kier alpha value is -1.91. The van der Waals surface area contributed by atoms with Crippen LogP contribution in [-0.2, 0) is 0 Å². The highest BCUT2D eigenvalue weighted by molar-refractivity contribution is 7.80. The van der Waals surface area contributed by atoms with Crippen molar-refractivity contribution in [1.29, 1.82) is 0 Å². The Bertz CT molecular complexity index is 577. The van der Waals surface area contributed by atoms with Crippen molar-refractivity contribution in [2.24, 2.45) is 0 Å². The molecule has 19 heavy (non-hydrogen) atoms. The molecular formula is C18H18S. The Morgan fingerprint density at radius 3 is 2.37 bits per heavy atom. The molecule has 0 spiro atoms. The normalized spacial score (nSPS) is 10.3. The van der Waals surface area contributed by atoms with Gasteiger partial charge in [-0.15, -0.1) is 0 Å². The number of thiocarbonyl (C=S) groups is 1. The first-order valence-corrected chi connectivity index (χ1v) is 6.51. The molecule has 0 saturated carbocycles. The van der Waals surface area contributed by atoms with E-state index in [2.05, 4.69) is 25.0 Å². The average Bonchev–Trinajstić information content (AvgIpc) is 2.34. The second-order valence-corrected chi connectivity index (χ2v) is 5.15. The predicted octanol–water partition coefficient (Wildman–Crippen LogP) is 4.88. The maximum atomic E-state index is 5.11. The minimum Gasteiger partial charge on any atom is -0.0955 e.